The molecule has 0 bridgehead atoms. The predicted octanol–water partition coefficient (Wildman–Crippen LogP) is 1.35. The molecule has 2 radical (unpaired) electrons. The van der Waals surface area contributed by atoms with Gasteiger partial charge in [-0.2, -0.15) is 0 Å². The summed E-state index contributed by atoms with van der Waals surface area (Å²) in [6.07, 6.45) is 1.15. The van der Waals surface area contributed by atoms with Crippen LogP contribution in [0.4, 0.5) is 5.69 Å². The summed E-state index contributed by atoms with van der Waals surface area (Å²) < 4.78 is 0. The van der Waals surface area contributed by atoms with E-state index in [0.717, 1.165) is 19.5 Å². The van der Waals surface area contributed by atoms with Crippen LogP contribution in [0.25, 0.3) is 0 Å². The number of hydrogen-bond acceptors (Lipinski definition) is 2. The first-order valence-electron chi connectivity index (χ1n) is 5.20. The summed E-state index contributed by atoms with van der Waals surface area (Å²) in [5.74, 6) is 0.588. The molecule has 0 aliphatic carbocycles. The SMILES string of the molecule is [B]N1CC[C@@H]2Nc3ccccc3[C@@H]2C1. The fraction of sp³-hybridized carbons (Fsp3) is 0.455. The van der Waals surface area contributed by atoms with Crippen molar-refractivity contribution in [3.8, 4) is 0 Å². The second kappa shape index (κ2) is 3.02. The van der Waals surface area contributed by atoms with Crippen LogP contribution < -0.4 is 5.32 Å². The number of nitrogens with zero attached hydrogens (tertiary/aromatic N) is 1. The number of rotatable bonds is 0. The fourth-order valence-corrected chi connectivity index (χ4v) is 2.62. The summed E-state index contributed by atoms with van der Waals surface area (Å²) in [6, 6.07) is 9.18. The number of piperidine rings is 1. The van der Waals surface area contributed by atoms with Crippen LogP contribution in [-0.4, -0.2) is 31.9 Å². The Morgan fingerprint density at radius 2 is 2.21 bits per heavy atom. The maximum Gasteiger partial charge on any atom is 0.182 e. The summed E-state index contributed by atoms with van der Waals surface area (Å²) in [4.78, 5) is 1.94. The summed E-state index contributed by atoms with van der Waals surface area (Å²) >= 11 is 0. The van der Waals surface area contributed by atoms with Gasteiger partial charge in [-0.25, -0.2) is 0 Å². The van der Waals surface area contributed by atoms with Crippen molar-refractivity contribution in [2.24, 2.45) is 0 Å². The highest BCUT2D eigenvalue weighted by atomic mass is 15.1. The Balaban J connectivity index is 1.97. The van der Waals surface area contributed by atoms with Crippen molar-refractivity contribution in [1.29, 1.82) is 0 Å². The molecule has 1 saturated heterocycles. The zero-order valence-corrected chi connectivity index (χ0v) is 8.11. The van der Waals surface area contributed by atoms with Gasteiger partial charge < -0.3 is 10.1 Å². The van der Waals surface area contributed by atoms with Crippen LogP contribution in [0.1, 0.15) is 17.9 Å². The highest BCUT2D eigenvalue weighted by Gasteiger charge is 2.34. The molecule has 0 amide bonds. The van der Waals surface area contributed by atoms with Crippen LogP contribution in [-0.2, 0) is 0 Å². The zero-order valence-electron chi connectivity index (χ0n) is 8.11. The maximum atomic E-state index is 5.85. The van der Waals surface area contributed by atoms with E-state index in [2.05, 4.69) is 29.6 Å². The number of fused-ring (bicyclic) bond motifs is 3. The Labute approximate surface area is 85.7 Å². The molecule has 2 aliphatic rings. The van der Waals surface area contributed by atoms with Crippen molar-refractivity contribution in [3.63, 3.8) is 0 Å². The van der Waals surface area contributed by atoms with E-state index in [0.29, 0.717) is 12.0 Å². The number of hydrogen-bond donors (Lipinski definition) is 1. The summed E-state index contributed by atoms with van der Waals surface area (Å²) in [5.41, 5.74) is 2.74. The third kappa shape index (κ3) is 1.16. The Bertz CT molecular complexity index is 353. The lowest BCUT2D eigenvalue weighted by molar-refractivity contribution is 0.319. The number of anilines is 1. The molecule has 2 heterocycles. The van der Waals surface area contributed by atoms with E-state index in [1.807, 2.05) is 4.81 Å². The molecule has 0 aromatic heterocycles. The van der Waals surface area contributed by atoms with Crippen molar-refractivity contribution >= 4 is 13.7 Å². The number of para-hydroxylation sites is 1. The van der Waals surface area contributed by atoms with Gasteiger partial charge in [-0.3, -0.25) is 0 Å². The van der Waals surface area contributed by atoms with Gasteiger partial charge in [0.15, 0.2) is 7.98 Å². The van der Waals surface area contributed by atoms with Gasteiger partial charge in [0.05, 0.1) is 0 Å². The van der Waals surface area contributed by atoms with Gasteiger partial charge in [0.1, 0.15) is 0 Å². The smallest absolute Gasteiger partial charge is 0.182 e. The van der Waals surface area contributed by atoms with Crippen LogP contribution in [0.15, 0.2) is 24.3 Å². The molecule has 1 aromatic carbocycles. The normalized spacial score (nSPS) is 30.6. The van der Waals surface area contributed by atoms with Gasteiger partial charge in [0.2, 0.25) is 0 Å². The molecule has 0 spiro atoms. The molecular formula is C11H13BN2. The molecule has 2 aliphatic heterocycles. The predicted molar refractivity (Wildman–Crippen MR) is 58.5 cm³/mol. The average Bonchev–Trinajstić information content (AvgIpc) is 2.56. The van der Waals surface area contributed by atoms with Crippen LogP contribution in [0.2, 0.25) is 0 Å². The molecular weight excluding hydrogens is 171 g/mol. The van der Waals surface area contributed by atoms with E-state index in [-0.39, 0.29) is 0 Å². The Hall–Kier alpha value is -0.955. The van der Waals surface area contributed by atoms with Crippen molar-refractivity contribution in [1.82, 2.24) is 4.81 Å². The van der Waals surface area contributed by atoms with Crippen LogP contribution >= 0.6 is 0 Å². The molecule has 70 valence electrons. The topological polar surface area (TPSA) is 15.3 Å². The molecule has 2 atom stereocenters. The van der Waals surface area contributed by atoms with Gasteiger partial charge in [-0.1, -0.05) is 18.2 Å². The Morgan fingerprint density at radius 3 is 3.14 bits per heavy atom. The lowest BCUT2D eigenvalue weighted by Gasteiger charge is -2.33. The Morgan fingerprint density at radius 1 is 1.36 bits per heavy atom. The average molecular weight is 184 g/mol. The summed E-state index contributed by atoms with van der Waals surface area (Å²) in [7, 11) is 5.85. The minimum Gasteiger partial charge on any atom is -0.381 e. The van der Waals surface area contributed by atoms with E-state index in [9.17, 15) is 0 Å². The van der Waals surface area contributed by atoms with E-state index in [1.54, 1.807) is 0 Å². The fourth-order valence-electron chi connectivity index (χ4n) is 2.62. The third-order valence-electron chi connectivity index (χ3n) is 3.35. The molecule has 14 heavy (non-hydrogen) atoms. The standard InChI is InChI=1S/C11H13BN2/c12-14-6-5-11-9(7-14)8-3-1-2-4-10(8)13-11/h1-4,9,11,13H,5-7H2/t9-,11-/m0/s1. The van der Waals surface area contributed by atoms with Gasteiger partial charge in [0.25, 0.3) is 0 Å². The molecule has 0 unspecified atom stereocenters. The van der Waals surface area contributed by atoms with Gasteiger partial charge >= 0.3 is 0 Å². The first-order chi connectivity index (χ1) is 6.84. The van der Waals surface area contributed by atoms with Crippen LogP contribution in [0.5, 0.6) is 0 Å². The number of nitrogens with one attached hydrogen (secondary N) is 1. The van der Waals surface area contributed by atoms with E-state index in [4.69, 9.17) is 7.98 Å². The zero-order chi connectivity index (χ0) is 9.54. The van der Waals surface area contributed by atoms with Crippen LogP contribution in [0.3, 0.4) is 0 Å². The van der Waals surface area contributed by atoms with Crippen LogP contribution in [0, 0.1) is 0 Å². The maximum absolute atomic E-state index is 5.85. The molecule has 0 saturated carbocycles. The molecule has 1 fully saturated rings. The van der Waals surface area contributed by atoms with E-state index >= 15 is 0 Å². The second-order valence-electron chi connectivity index (χ2n) is 4.23. The molecule has 2 nitrogen and oxygen atoms in total. The highest BCUT2D eigenvalue weighted by molar-refractivity contribution is 6.04. The largest absolute Gasteiger partial charge is 0.381 e. The third-order valence-corrected chi connectivity index (χ3v) is 3.35. The van der Waals surface area contributed by atoms with Crippen molar-refractivity contribution in [3.05, 3.63) is 29.8 Å². The molecule has 1 N–H and O–H groups in total. The molecule has 3 heteroatoms. The number of benzene rings is 1. The van der Waals surface area contributed by atoms with Gasteiger partial charge in [-0.05, 0) is 31.1 Å². The lowest BCUT2D eigenvalue weighted by atomic mass is 9.88. The summed E-state index contributed by atoms with van der Waals surface area (Å²) in [6.45, 7) is 1.98. The first-order valence-corrected chi connectivity index (χ1v) is 5.20. The molecule has 1 aromatic rings. The molecule has 3 rings (SSSR count). The second-order valence-corrected chi connectivity index (χ2v) is 4.23. The van der Waals surface area contributed by atoms with E-state index in [1.165, 1.54) is 11.3 Å². The lowest BCUT2D eigenvalue weighted by Crippen LogP contribution is -2.40. The van der Waals surface area contributed by atoms with Gasteiger partial charge in [0, 0.05) is 17.6 Å². The van der Waals surface area contributed by atoms with E-state index < -0.39 is 0 Å². The quantitative estimate of drug-likeness (QED) is 0.612. The minimum absolute atomic E-state index is 0.588. The van der Waals surface area contributed by atoms with Gasteiger partial charge in [-0.15, -0.1) is 0 Å². The Kier molecular flexibility index (Phi) is 1.81. The van der Waals surface area contributed by atoms with Crippen molar-refractivity contribution < 1.29 is 0 Å². The monoisotopic (exact) mass is 184 g/mol. The minimum atomic E-state index is 0.588. The van der Waals surface area contributed by atoms with Crippen molar-refractivity contribution in [2.45, 2.75) is 18.4 Å². The highest BCUT2D eigenvalue weighted by Crippen LogP contribution is 2.39. The van der Waals surface area contributed by atoms with Crippen molar-refractivity contribution in [2.75, 3.05) is 18.4 Å². The first kappa shape index (κ1) is 8.36. The summed E-state index contributed by atoms with van der Waals surface area (Å²) in [5, 5.41) is 3.57.